The Balaban J connectivity index is 3.02. The number of hydrogen-bond acceptors (Lipinski definition) is 2. The highest BCUT2D eigenvalue weighted by molar-refractivity contribution is 9.10. The highest BCUT2D eigenvalue weighted by Gasteiger charge is 2.11. The second-order valence-corrected chi connectivity index (χ2v) is 5.12. The predicted octanol–water partition coefficient (Wildman–Crippen LogP) is 3.78. The third-order valence-electron chi connectivity index (χ3n) is 2.66. The van der Waals surface area contributed by atoms with Crippen LogP contribution >= 0.6 is 15.9 Å². The molecule has 0 aliphatic carbocycles. The van der Waals surface area contributed by atoms with Gasteiger partial charge in [-0.2, -0.15) is 0 Å². The molecule has 0 aromatic heterocycles. The highest BCUT2D eigenvalue weighted by Crippen LogP contribution is 2.29. The van der Waals surface area contributed by atoms with Gasteiger partial charge in [0.2, 0.25) is 0 Å². The quantitative estimate of drug-likeness (QED) is 0.841. The lowest BCUT2D eigenvalue weighted by molar-refractivity contribution is -0.131. The first kappa shape index (κ1) is 14.8. The van der Waals surface area contributed by atoms with E-state index in [1.165, 1.54) is 0 Å². The van der Waals surface area contributed by atoms with Crippen molar-refractivity contribution in [2.24, 2.45) is 0 Å². The van der Waals surface area contributed by atoms with Gasteiger partial charge in [0.1, 0.15) is 0 Å². The minimum atomic E-state index is -0.937. The number of benzene rings is 1. The van der Waals surface area contributed by atoms with Gasteiger partial charge in [-0.25, -0.2) is 4.79 Å². The molecule has 0 amide bonds. The monoisotopic (exact) mass is 311 g/mol. The Morgan fingerprint density at radius 1 is 1.50 bits per heavy atom. The molecule has 0 saturated carbocycles. The molecule has 0 spiro atoms. The first-order valence-corrected chi connectivity index (χ1v) is 6.72. The van der Waals surface area contributed by atoms with Gasteiger partial charge >= 0.3 is 5.97 Å². The van der Waals surface area contributed by atoms with Gasteiger partial charge in [-0.1, -0.05) is 6.07 Å². The van der Waals surface area contributed by atoms with E-state index in [1.54, 1.807) is 6.08 Å². The molecule has 0 atom stereocenters. The first-order chi connectivity index (χ1) is 8.45. The van der Waals surface area contributed by atoms with E-state index >= 15 is 0 Å². The standard InChI is InChI=1S/C14H18BrNO2/c1-4-16(10(2)3)13-7-5-11(9-12(13)15)6-8-14(17)18/h5-10H,4H2,1-3H3,(H,17,18)/b8-6+. The molecule has 1 aromatic carbocycles. The van der Waals surface area contributed by atoms with Crippen molar-refractivity contribution in [1.29, 1.82) is 0 Å². The van der Waals surface area contributed by atoms with Crippen LogP contribution in [0.1, 0.15) is 26.3 Å². The maximum atomic E-state index is 10.5. The zero-order valence-electron chi connectivity index (χ0n) is 10.9. The van der Waals surface area contributed by atoms with E-state index in [0.29, 0.717) is 6.04 Å². The smallest absolute Gasteiger partial charge is 0.328 e. The van der Waals surface area contributed by atoms with Gasteiger partial charge in [0, 0.05) is 23.1 Å². The lowest BCUT2D eigenvalue weighted by atomic mass is 10.1. The molecule has 0 bridgehead atoms. The largest absolute Gasteiger partial charge is 0.478 e. The maximum absolute atomic E-state index is 10.5. The van der Waals surface area contributed by atoms with E-state index < -0.39 is 5.97 Å². The maximum Gasteiger partial charge on any atom is 0.328 e. The molecule has 0 unspecified atom stereocenters. The van der Waals surface area contributed by atoms with Crippen LogP contribution in [-0.4, -0.2) is 23.7 Å². The van der Waals surface area contributed by atoms with E-state index in [-0.39, 0.29) is 0 Å². The van der Waals surface area contributed by atoms with Crippen molar-refractivity contribution in [3.63, 3.8) is 0 Å². The summed E-state index contributed by atoms with van der Waals surface area (Å²) in [6.45, 7) is 7.34. The Bertz CT molecular complexity index is 455. The summed E-state index contributed by atoms with van der Waals surface area (Å²) in [7, 11) is 0. The number of halogens is 1. The predicted molar refractivity (Wildman–Crippen MR) is 79.0 cm³/mol. The number of rotatable bonds is 5. The number of carboxylic acid groups (broad SMARTS) is 1. The average Bonchev–Trinajstić information content (AvgIpc) is 2.29. The normalized spacial score (nSPS) is 11.2. The molecule has 0 aliphatic heterocycles. The molecule has 0 aliphatic rings. The molecular formula is C14H18BrNO2. The van der Waals surface area contributed by atoms with Crippen LogP contribution in [0.25, 0.3) is 6.08 Å². The van der Waals surface area contributed by atoms with Crippen LogP contribution in [0.4, 0.5) is 5.69 Å². The summed E-state index contributed by atoms with van der Waals surface area (Å²) in [4.78, 5) is 12.7. The molecule has 3 nitrogen and oxygen atoms in total. The molecule has 1 rings (SSSR count). The van der Waals surface area contributed by atoms with Gasteiger partial charge in [0.15, 0.2) is 0 Å². The minimum Gasteiger partial charge on any atom is -0.478 e. The molecule has 1 N–H and O–H groups in total. The minimum absolute atomic E-state index is 0.423. The Kier molecular flexibility index (Phi) is 5.41. The lowest BCUT2D eigenvalue weighted by Gasteiger charge is -2.28. The molecule has 1 aromatic rings. The summed E-state index contributed by atoms with van der Waals surface area (Å²) in [6.07, 6.45) is 2.73. The van der Waals surface area contributed by atoms with Gasteiger partial charge in [0.25, 0.3) is 0 Å². The Morgan fingerprint density at radius 2 is 2.17 bits per heavy atom. The van der Waals surface area contributed by atoms with Crippen molar-refractivity contribution >= 4 is 33.7 Å². The van der Waals surface area contributed by atoms with Crippen molar-refractivity contribution in [3.05, 3.63) is 34.3 Å². The molecule has 98 valence electrons. The van der Waals surface area contributed by atoms with Gasteiger partial charge < -0.3 is 10.0 Å². The summed E-state index contributed by atoms with van der Waals surface area (Å²) in [5, 5.41) is 8.59. The van der Waals surface area contributed by atoms with Crippen LogP contribution in [0, 0.1) is 0 Å². The van der Waals surface area contributed by atoms with E-state index in [4.69, 9.17) is 5.11 Å². The number of anilines is 1. The molecule has 0 heterocycles. The molecule has 18 heavy (non-hydrogen) atoms. The van der Waals surface area contributed by atoms with Crippen LogP contribution in [-0.2, 0) is 4.79 Å². The van der Waals surface area contributed by atoms with Gasteiger partial charge in [-0.15, -0.1) is 0 Å². The van der Waals surface area contributed by atoms with E-state index in [9.17, 15) is 4.79 Å². The Morgan fingerprint density at radius 3 is 2.61 bits per heavy atom. The van der Waals surface area contributed by atoms with E-state index in [1.807, 2.05) is 18.2 Å². The van der Waals surface area contributed by atoms with Crippen molar-refractivity contribution in [2.45, 2.75) is 26.8 Å². The van der Waals surface area contributed by atoms with Crippen LogP contribution in [0.15, 0.2) is 28.7 Å². The number of carboxylic acids is 1. The fourth-order valence-electron chi connectivity index (χ4n) is 1.84. The average molecular weight is 312 g/mol. The zero-order chi connectivity index (χ0) is 13.7. The van der Waals surface area contributed by atoms with Crippen molar-refractivity contribution in [1.82, 2.24) is 0 Å². The fraction of sp³-hybridized carbons (Fsp3) is 0.357. The number of nitrogens with zero attached hydrogens (tertiary/aromatic N) is 1. The number of carbonyl (C=O) groups is 1. The third kappa shape index (κ3) is 3.88. The van der Waals surface area contributed by atoms with Crippen molar-refractivity contribution in [3.8, 4) is 0 Å². The van der Waals surface area contributed by atoms with Gasteiger partial charge in [0.05, 0.1) is 5.69 Å². The summed E-state index contributed by atoms with van der Waals surface area (Å²) in [5.41, 5.74) is 1.99. The summed E-state index contributed by atoms with van der Waals surface area (Å²) in [5.74, 6) is -0.937. The highest BCUT2D eigenvalue weighted by atomic mass is 79.9. The SMILES string of the molecule is CCN(c1ccc(/C=C/C(=O)O)cc1Br)C(C)C. The van der Waals surface area contributed by atoms with Crippen LogP contribution in [0.3, 0.4) is 0 Å². The fourth-order valence-corrected chi connectivity index (χ4v) is 2.47. The van der Waals surface area contributed by atoms with Crippen LogP contribution in [0.2, 0.25) is 0 Å². The van der Waals surface area contributed by atoms with E-state index in [2.05, 4.69) is 41.6 Å². The Labute approximate surface area is 116 Å². The molecule has 0 saturated heterocycles. The topological polar surface area (TPSA) is 40.5 Å². The van der Waals surface area contributed by atoms with Crippen molar-refractivity contribution in [2.75, 3.05) is 11.4 Å². The zero-order valence-corrected chi connectivity index (χ0v) is 12.4. The number of aliphatic carboxylic acids is 1. The van der Waals surface area contributed by atoms with Gasteiger partial charge in [-0.05, 0) is 60.5 Å². The first-order valence-electron chi connectivity index (χ1n) is 5.93. The van der Waals surface area contributed by atoms with Gasteiger partial charge in [-0.3, -0.25) is 0 Å². The molecule has 0 radical (unpaired) electrons. The third-order valence-corrected chi connectivity index (χ3v) is 3.30. The summed E-state index contributed by atoms with van der Waals surface area (Å²) >= 11 is 3.54. The van der Waals surface area contributed by atoms with Crippen LogP contribution in [0.5, 0.6) is 0 Å². The number of hydrogen-bond donors (Lipinski definition) is 1. The van der Waals surface area contributed by atoms with E-state index in [0.717, 1.165) is 28.3 Å². The summed E-state index contributed by atoms with van der Waals surface area (Å²) < 4.78 is 0.977. The Hall–Kier alpha value is -1.29. The summed E-state index contributed by atoms with van der Waals surface area (Å²) in [6, 6.07) is 6.28. The molecule has 0 fully saturated rings. The second-order valence-electron chi connectivity index (χ2n) is 4.26. The van der Waals surface area contributed by atoms with Crippen LogP contribution < -0.4 is 4.90 Å². The van der Waals surface area contributed by atoms with Crippen molar-refractivity contribution < 1.29 is 9.90 Å². The molecule has 4 heteroatoms. The lowest BCUT2D eigenvalue weighted by Crippen LogP contribution is -2.30. The molecular weight excluding hydrogens is 294 g/mol. The second kappa shape index (κ2) is 6.59.